The number of nitrogens with zero attached hydrogens (tertiary/aromatic N) is 1. The van der Waals surface area contributed by atoms with Gasteiger partial charge in [0.2, 0.25) is 0 Å². The van der Waals surface area contributed by atoms with Crippen LogP contribution in [0.4, 0.5) is 4.79 Å². The predicted octanol–water partition coefficient (Wildman–Crippen LogP) is 2.14. The average molecular weight is 322 g/mol. The Balaban J connectivity index is 2.57. The molecule has 0 radical (unpaired) electrons. The lowest BCUT2D eigenvalue weighted by atomic mass is 10.0. The number of aliphatic carboxylic acids is 1. The van der Waals surface area contributed by atoms with Crippen molar-refractivity contribution in [2.24, 2.45) is 0 Å². The average Bonchev–Trinajstić information content (AvgIpc) is 2.53. The van der Waals surface area contributed by atoms with Gasteiger partial charge in [0.25, 0.3) is 0 Å². The molecule has 0 aliphatic rings. The van der Waals surface area contributed by atoms with Crippen LogP contribution in [0.5, 0.6) is 0 Å². The molecule has 6 heteroatoms. The molecule has 128 valence electrons. The molecule has 0 saturated carbocycles. The van der Waals surface area contributed by atoms with Crippen LogP contribution in [0.3, 0.4) is 0 Å². The number of urea groups is 1. The summed E-state index contributed by atoms with van der Waals surface area (Å²) >= 11 is 0. The van der Waals surface area contributed by atoms with Gasteiger partial charge in [0, 0.05) is 39.8 Å². The molecule has 23 heavy (non-hydrogen) atoms. The molecule has 1 aromatic rings. The fourth-order valence-corrected chi connectivity index (χ4v) is 2.25. The van der Waals surface area contributed by atoms with Gasteiger partial charge in [-0.05, 0) is 24.8 Å². The number of hydrogen-bond acceptors (Lipinski definition) is 3. The molecule has 0 saturated heterocycles. The number of benzene rings is 1. The maximum absolute atomic E-state index is 12.2. The van der Waals surface area contributed by atoms with E-state index in [1.807, 2.05) is 30.3 Å². The highest BCUT2D eigenvalue weighted by atomic mass is 16.5. The Morgan fingerprint density at radius 1 is 1.30 bits per heavy atom. The normalized spacial score (nSPS) is 11.7. The number of carboxylic acid groups (broad SMARTS) is 1. The lowest BCUT2D eigenvalue weighted by Crippen LogP contribution is -2.44. The highest BCUT2D eigenvalue weighted by Gasteiger charge is 2.17. The van der Waals surface area contributed by atoms with Crippen LogP contribution in [-0.2, 0) is 16.0 Å². The highest BCUT2D eigenvalue weighted by Crippen LogP contribution is 2.08. The Morgan fingerprint density at radius 2 is 2.00 bits per heavy atom. The summed E-state index contributed by atoms with van der Waals surface area (Å²) in [6, 6.07) is 9.35. The first-order valence-electron chi connectivity index (χ1n) is 7.79. The third kappa shape index (κ3) is 8.21. The molecule has 2 N–H and O–H groups in total. The Hall–Kier alpha value is -2.08. The van der Waals surface area contributed by atoms with Gasteiger partial charge in [0.05, 0.1) is 0 Å². The smallest absolute Gasteiger partial charge is 0.317 e. The molecule has 0 aliphatic carbocycles. The summed E-state index contributed by atoms with van der Waals surface area (Å²) in [6.07, 6.45) is 1.82. The van der Waals surface area contributed by atoms with E-state index < -0.39 is 5.97 Å². The molecule has 0 bridgehead atoms. The SMILES string of the molecule is COCCCN(C)C(=O)NC(CCC(=O)O)Cc1ccccc1. The lowest BCUT2D eigenvalue weighted by Gasteiger charge is -2.23. The lowest BCUT2D eigenvalue weighted by molar-refractivity contribution is -0.137. The molecule has 0 aliphatic heterocycles. The van der Waals surface area contributed by atoms with Gasteiger partial charge in [-0.15, -0.1) is 0 Å². The van der Waals surface area contributed by atoms with Crippen LogP contribution < -0.4 is 5.32 Å². The Bertz CT molecular complexity index is 479. The summed E-state index contributed by atoms with van der Waals surface area (Å²) < 4.78 is 4.97. The van der Waals surface area contributed by atoms with E-state index in [-0.39, 0.29) is 18.5 Å². The van der Waals surface area contributed by atoms with E-state index in [0.29, 0.717) is 26.0 Å². The van der Waals surface area contributed by atoms with Crippen LogP contribution in [0, 0.1) is 0 Å². The van der Waals surface area contributed by atoms with Crippen LogP contribution in [0.1, 0.15) is 24.8 Å². The number of carbonyl (C=O) groups is 2. The van der Waals surface area contributed by atoms with E-state index in [2.05, 4.69) is 5.32 Å². The summed E-state index contributed by atoms with van der Waals surface area (Å²) in [7, 11) is 3.35. The van der Waals surface area contributed by atoms with Gasteiger partial charge in [-0.1, -0.05) is 30.3 Å². The molecule has 2 amide bonds. The van der Waals surface area contributed by atoms with Gasteiger partial charge >= 0.3 is 12.0 Å². The van der Waals surface area contributed by atoms with Crippen molar-refractivity contribution in [2.45, 2.75) is 31.7 Å². The van der Waals surface area contributed by atoms with Crippen molar-refractivity contribution in [3.63, 3.8) is 0 Å². The summed E-state index contributed by atoms with van der Waals surface area (Å²) in [4.78, 5) is 24.6. The first kappa shape index (κ1) is 19.0. The zero-order chi connectivity index (χ0) is 17.1. The second kappa shape index (κ2) is 10.6. The van der Waals surface area contributed by atoms with Gasteiger partial charge < -0.3 is 20.1 Å². The molecule has 6 nitrogen and oxygen atoms in total. The topological polar surface area (TPSA) is 78.9 Å². The molecule has 1 unspecified atom stereocenters. The molecule has 1 atom stereocenters. The number of methoxy groups -OCH3 is 1. The molecule has 0 fully saturated rings. The minimum Gasteiger partial charge on any atom is -0.481 e. The standard InChI is InChI=1S/C17H26N2O4/c1-19(11-6-12-23-2)17(22)18-15(9-10-16(20)21)13-14-7-4-3-5-8-14/h3-5,7-8,15H,6,9-13H2,1-2H3,(H,18,22)(H,20,21). The number of amides is 2. The summed E-state index contributed by atoms with van der Waals surface area (Å²) in [5.74, 6) is -0.856. The number of hydrogen-bond donors (Lipinski definition) is 2. The van der Waals surface area contributed by atoms with Gasteiger partial charge in [-0.25, -0.2) is 4.79 Å². The molecule has 1 rings (SSSR count). The summed E-state index contributed by atoms with van der Waals surface area (Å²) in [5.41, 5.74) is 1.07. The molecule has 0 aromatic heterocycles. The molecule has 1 aromatic carbocycles. The van der Waals surface area contributed by atoms with Gasteiger partial charge in [-0.3, -0.25) is 4.79 Å². The zero-order valence-electron chi connectivity index (χ0n) is 13.8. The Labute approximate surface area is 137 Å². The van der Waals surface area contributed by atoms with E-state index in [9.17, 15) is 9.59 Å². The van der Waals surface area contributed by atoms with Crippen molar-refractivity contribution in [3.8, 4) is 0 Å². The summed E-state index contributed by atoms with van der Waals surface area (Å²) in [5, 5.41) is 11.8. The molecule has 0 spiro atoms. The highest BCUT2D eigenvalue weighted by molar-refractivity contribution is 5.74. The monoisotopic (exact) mass is 322 g/mol. The van der Waals surface area contributed by atoms with Gasteiger partial charge in [-0.2, -0.15) is 0 Å². The Morgan fingerprint density at radius 3 is 2.61 bits per heavy atom. The van der Waals surface area contributed by atoms with Crippen molar-refractivity contribution in [3.05, 3.63) is 35.9 Å². The van der Waals surface area contributed by atoms with E-state index in [1.165, 1.54) is 0 Å². The first-order valence-corrected chi connectivity index (χ1v) is 7.79. The van der Waals surface area contributed by atoms with Gasteiger partial charge in [0.1, 0.15) is 0 Å². The van der Waals surface area contributed by atoms with Crippen molar-refractivity contribution in [2.75, 3.05) is 27.3 Å². The van der Waals surface area contributed by atoms with Crippen molar-refractivity contribution in [1.29, 1.82) is 0 Å². The largest absolute Gasteiger partial charge is 0.481 e. The number of carboxylic acids is 1. The number of carbonyl (C=O) groups excluding carboxylic acids is 1. The third-order valence-corrected chi connectivity index (χ3v) is 3.55. The molecular formula is C17H26N2O4. The number of rotatable bonds is 10. The molecular weight excluding hydrogens is 296 g/mol. The van der Waals surface area contributed by atoms with Crippen LogP contribution in [0.15, 0.2) is 30.3 Å². The fourth-order valence-electron chi connectivity index (χ4n) is 2.25. The quantitative estimate of drug-likeness (QED) is 0.647. The number of nitrogens with one attached hydrogen (secondary N) is 1. The van der Waals surface area contributed by atoms with Crippen LogP contribution >= 0.6 is 0 Å². The summed E-state index contributed by atoms with van der Waals surface area (Å²) in [6.45, 7) is 1.20. The van der Waals surface area contributed by atoms with Crippen LogP contribution in [0.25, 0.3) is 0 Å². The zero-order valence-corrected chi connectivity index (χ0v) is 13.8. The second-order valence-corrected chi connectivity index (χ2v) is 5.54. The first-order chi connectivity index (χ1) is 11.0. The van der Waals surface area contributed by atoms with Crippen molar-refractivity contribution in [1.82, 2.24) is 10.2 Å². The minimum atomic E-state index is -0.856. The maximum Gasteiger partial charge on any atom is 0.317 e. The molecule has 0 heterocycles. The Kier molecular flexibility index (Phi) is 8.75. The predicted molar refractivity (Wildman–Crippen MR) is 88.5 cm³/mol. The van der Waals surface area contributed by atoms with E-state index in [0.717, 1.165) is 12.0 Å². The van der Waals surface area contributed by atoms with E-state index in [4.69, 9.17) is 9.84 Å². The van der Waals surface area contributed by atoms with Crippen LogP contribution in [0.2, 0.25) is 0 Å². The fraction of sp³-hybridized carbons (Fsp3) is 0.529. The van der Waals surface area contributed by atoms with E-state index in [1.54, 1.807) is 19.1 Å². The third-order valence-electron chi connectivity index (χ3n) is 3.55. The van der Waals surface area contributed by atoms with E-state index >= 15 is 0 Å². The number of ether oxygens (including phenoxy) is 1. The minimum absolute atomic E-state index is 0.0329. The van der Waals surface area contributed by atoms with Crippen molar-refractivity contribution >= 4 is 12.0 Å². The second-order valence-electron chi connectivity index (χ2n) is 5.54. The van der Waals surface area contributed by atoms with Crippen molar-refractivity contribution < 1.29 is 19.4 Å². The van der Waals surface area contributed by atoms with Crippen LogP contribution in [-0.4, -0.2) is 55.4 Å². The maximum atomic E-state index is 12.2. The van der Waals surface area contributed by atoms with Gasteiger partial charge in [0.15, 0.2) is 0 Å².